The quantitative estimate of drug-likeness (QED) is 0.515. The van der Waals surface area contributed by atoms with Gasteiger partial charge in [-0.25, -0.2) is 5.11 Å². The Morgan fingerprint density at radius 1 is 1.71 bits per heavy atom. The summed E-state index contributed by atoms with van der Waals surface area (Å²) in [5, 5.41) is 10.3. The molecule has 1 atom stereocenters. The van der Waals surface area contributed by atoms with E-state index in [1.165, 1.54) is 0 Å². The van der Waals surface area contributed by atoms with Gasteiger partial charge in [0, 0.05) is 0 Å². The molecule has 0 N–H and O–H groups in total. The molecule has 0 rings (SSSR count). The van der Waals surface area contributed by atoms with Gasteiger partial charge in [-0.05, 0) is 13.3 Å². The second-order valence-electron chi connectivity index (χ2n) is 1.81. The van der Waals surface area contributed by atoms with Crippen LogP contribution in [0.2, 0.25) is 0 Å². The van der Waals surface area contributed by atoms with E-state index >= 15 is 0 Å². The van der Waals surface area contributed by atoms with Crippen molar-refractivity contribution in [3.8, 4) is 0 Å². The monoisotopic (exact) mass is 100 g/mol. The first-order valence-electron chi connectivity index (χ1n) is 2.72. The van der Waals surface area contributed by atoms with E-state index in [0.29, 0.717) is 0 Å². The van der Waals surface area contributed by atoms with Crippen molar-refractivity contribution in [2.75, 3.05) is 0 Å². The Bertz CT molecular complexity index is 33.2. The van der Waals surface area contributed by atoms with Crippen molar-refractivity contribution in [1.82, 2.24) is 0 Å². The molecule has 1 nitrogen and oxygen atoms in total. The van der Waals surface area contributed by atoms with Gasteiger partial charge in [0.05, 0.1) is 6.10 Å². The third kappa shape index (κ3) is 5.96. The summed E-state index contributed by atoms with van der Waals surface area (Å²) in [6.45, 7) is 5.31. The minimum atomic E-state index is -0.387. The van der Waals surface area contributed by atoms with Crippen molar-refractivity contribution < 1.29 is 5.11 Å². The molecular weight excluding hydrogens is 88.1 g/mol. The Hall–Kier alpha value is -0.0400. The van der Waals surface area contributed by atoms with Crippen LogP contribution in [0.25, 0.3) is 0 Å². The highest BCUT2D eigenvalue weighted by Crippen LogP contribution is 1.97. The molecule has 0 heterocycles. The summed E-state index contributed by atoms with van der Waals surface area (Å²) < 4.78 is 0. The Morgan fingerprint density at radius 2 is 2.29 bits per heavy atom. The second kappa shape index (κ2) is 4.13. The molecule has 0 aromatic carbocycles. The van der Waals surface area contributed by atoms with E-state index in [1.807, 2.05) is 0 Å². The third-order valence-corrected chi connectivity index (χ3v) is 0.861. The molecule has 7 heavy (non-hydrogen) atoms. The Morgan fingerprint density at radius 3 is 2.43 bits per heavy atom. The van der Waals surface area contributed by atoms with E-state index in [9.17, 15) is 5.11 Å². The number of hydrogen-bond donors (Lipinski definition) is 0. The molecule has 0 aromatic heterocycles. The summed E-state index contributed by atoms with van der Waals surface area (Å²) in [5.74, 6) is 0. The van der Waals surface area contributed by atoms with Crippen LogP contribution in [0.15, 0.2) is 0 Å². The maximum atomic E-state index is 10.3. The molecule has 2 radical (unpaired) electrons. The average Bonchev–Trinajstić information content (AvgIpc) is 1.61. The zero-order valence-corrected chi connectivity index (χ0v) is 4.81. The van der Waals surface area contributed by atoms with Gasteiger partial charge in [-0.15, -0.1) is 0 Å². The van der Waals surface area contributed by atoms with Gasteiger partial charge >= 0.3 is 0 Å². The molecule has 0 aliphatic rings. The van der Waals surface area contributed by atoms with Crippen LogP contribution in [0.1, 0.15) is 26.2 Å². The first-order valence-corrected chi connectivity index (χ1v) is 2.72. The van der Waals surface area contributed by atoms with Crippen LogP contribution >= 0.6 is 0 Å². The molecule has 0 fully saturated rings. The number of unbranched alkanes of at least 4 members (excludes halogenated alkanes) is 1. The van der Waals surface area contributed by atoms with Gasteiger partial charge in [0.2, 0.25) is 0 Å². The molecular formula is C6H12O. The standard InChI is InChI=1S/C6H12O/c1-3-4-5-6(2)7/h6H,1,3-5H2,2H3. The van der Waals surface area contributed by atoms with Crippen LogP contribution in [0, 0.1) is 6.92 Å². The van der Waals surface area contributed by atoms with Gasteiger partial charge in [-0.2, -0.15) is 0 Å². The molecule has 0 spiro atoms. The van der Waals surface area contributed by atoms with E-state index < -0.39 is 0 Å². The highest BCUT2D eigenvalue weighted by Gasteiger charge is 1.92. The van der Waals surface area contributed by atoms with Gasteiger partial charge in [0.25, 0.3) is 0 Å². The third-order valence-electron chi connectivity index (χ3n) is 0.861. The van der Waals surface area contributed by atoms with Crippen molar-refractivity contribution >= 4 is 0 Å². The van der Waals surface area contributed by atoms with Gasteiger partial charge < -0.3 is 0 Å². The fourth-order valence-electron chi connectivity index (χ4n) is 0.432. The molecule has 0 aliphatic heterocycles. The van der Waals surface area contributed by atoms with E-state index in [0.717, 1.165) is 19.3 Å². The Kier molecular flexibility index (Phi) is 4.10. The van der Waals surface area contributed by atoms with E-state index in [-0.39, 0.29) is 6.10 Å². The van der Waals surface area contributed by atoms with E-state index in [1.54, 1.807) is 6.92 Å². The van der Waals surface area contributed by atoms with Gasteiger partial charge in [-0.3, -0.25) is 0 Å². The summed E-state index contributed by atoms with van der Waals surface area (Å²) in [6, 6.07) is 0. The predicted molar refractivity (Wildman–Crippen MR) is 29.4 cm³/mol. The normalized spacial score (nSPS) is 14.1. The van der Waals surface area contributed by atoms with Crippen LogP contribution < -0.4 is 0 Å². The lowest BCUT2D eigenvalue weighted by molar-refractivity contribution is 0.0960. The summed E-state index contributed by atoms with van der Waals surface area (Å²) in [6.07, 6.45) is 2.27. The smallest absolute Gasteiger partial charge is 0.0902 e. The lowest BCUT2D eigenvalue weighted by Gasteiger charge is -1.95. The fourth-order valence-corrected chi connectivity index (χ4v) is 0.432. The van der Waals surface area contributed by atoms with Gasteiger partial charge in [-0.1, -0.05) is 19.8 Å². The lowest BCUT2D eigenvalue weighted by atomic mass is 10.2. The number of rotatable bonds is 3. The van der Waals surface area contributed by atoms with Gasteiger partial charge in [0.15, 0.2) is 0 Å². The van der Waals surface area contributed by atoms with Crippen LogP contribution in [0.3, 0.4) is 0 Å². The van der Waals surface area contributed by atoms with Crippen LogP contribution in [0.4, 0.5) is 0 Å². The zero-order chi connectivity index (χ0) is 5.70. The molecule has 1 heteroatoms. The summed E-state index contributed by atoms with van der Waals surface area (Å²) in [4.78, 5) is 0. The number of hydrogen-bond acceptors (Lipinski definition) is 0. The van der Waals surface area contributed by atoms with Gasteiger partial charge in [0.1, 0.15) is 0 Å². The van der Waals surface area contributed by atoms with Crippen molar-refractivity contribution in [3.05, 3.63) is 6.92 Å². The first-order chi connectivity index (χ1) is 3.27. The minimum absolute atomic E-state index is 0.387. The largest absolute Gasteiger partial charge is 0.233 e. The maximum absolute atomic E-state index is 10.3. The lowest BCUT2D eigenvalue weighted by Crippen LogP contribution is -1.94. The highest BCUT2D eigenvalue weighted by molar-refractivity contribution is 4.47. The topological polar surface area (TPSA) is 19.9 Å². The molecule has 0 saturated heterocycles. The van der Waals surface area contributed by atoms with Crippen molar-refractivity contribution in [3.63, 3.8) is 0 Å². The molecule has 0 amide bonds. The van der Waals surface area contributed by atoms with Crippen LogP contribution in [0.5, 0.6) is 0 Å². The summed E-state index contributed by atoms with van der Waals surface area (Å²) in [5.41, 5.74) is 0. The average molecular weight is 100 g/mol. The maximum Gasteiger partial charge on any atom is 0.0902 e. The van der Waals surface area contributed by atoms with Crippen molar-refractivity contribution in [2.45, 2.75) is 32.3 Å². The molecule has 0 saturated carbocycles. The highest BCUT2D eigenvalue weighted by atomic mass is 16.3. The summed E-state index contributed by atoms with van der Waals surface area (Å²) in [7, 11) is 0. The molecule has 0 aliphatic carbocycles. The fraction of sp³-hybridized carbons (Fsp3) is 0.833. The Balaban J connectivity index is 2.68. The van der Waals surface area contributed by atoms with Crippen molar-refractivity contribution in [1.29, 1.82) is 0 Å². The summed E-state index contributed by atoms with van der Waals surface area (Å²) >= 11 is 0. The molecule has 42 valence electrons. The van der Waals surface area contributed by atoms with E-state index in [4.69, 9.17) is 0 Å². The van der Waals surface area contributed by atoms with Crippen molar-refractivity contribution in [2.24, 2.45) is 0 Å². The van der Waals surface area contributed by atoms with Crippen LogP contribution in [-0.2, 0) is 5.11 Å². The second-order valence-corrected chi connectivity index (χ2v) is 1.81. The zero-order valence-electron chi connectivity index (χ0n) is 4.81. The first kappa shape index (κ1) is 6.96. The molecule has 1 unspecified atom stereocenters. The minimum Gasteiger partial charge on any atom is -0.233 e. The predicted octanol–water partition coefficient (Wildman–Crippen LogP) is 1.81. The van der Waals surface area contributed by atoms with E-state index in [2.05, 4.69) is 6.92 Å². The molecule has 0 aromatic rings. The molecule has 0 bridgehead atoms. The Labute approximate surface area is 45.4 Å². The van der Waals surface area contributed by atoms with Crippen LogP contribution in [-0.4, -0.2) is 6.10 Å². The SMILES string of the molecule is [CH2]CCCC(C)[O].